The minimum atomic E-state index is 0.646. The SMILES string of the molecule is CCOc1ccc(CCCc2ccc(OC)cc2OCC)c(OCC)c1. The van der Waals surface area contributed by atoms with Crippen LogP contribution in [0.3, 0.4) is 0 Å². The molecule has 2 aromatic carbocycles. The van der Waals surface area contributed by atoms with Gasteiger partial charge in [-0.3, -0.25) is 0 Å². The summed E-state index contributed by atoms with van der Waals surface area (Å²) in [5.74, 6) is 3.50. The van der Waals surface area contributed by atoms with Gasteiger partial charge in [-0.05, 0) is 63.3 Å². The highest BCUT2D eigenvalue weighted by atomic mass is 16.5. The van der Waals surface area contributed by atoms with Crippen molar-refractivity contribution in [1.29, 1.82) is 0 Å². The summed E-state index contributed by atoms with van der Waals surface area (Å²) in [5.41, 5.74) is 2.42. The molecule has 0 spiro atoms. The minimum absolute atomic E-state index is 0.646. The molecular weight excluding hydrogens is 328 g/mol. The molecule has 2 rings (SSSR count). The zero-order valence-electron chi connectivity index (χ0n) is 16.3. The van der Waals surface area contributed by atoms with Crippen LogP contribution in [0.1, 0.15) is 38.3 Å². The molecule has 0 N–H and O–H groups in total. The van der Waals surface area contributed by atoms with Crippen LogP contribution < -0.4 is 18.9 Å². The molecule has 4 heteroatoms. The quantitative estimate of drug-likeness (QED) is 0.562. The maximum absolute atomic E-state index is 5.80. The molecule has 0 saturated carbocycles. The molecule has 0 heterocycles. The third kappa shape index (κ3) is 5.58. The van der Waals surface area contributed by atoms with Gasteiger partial charge in [0.2, 0.25) is 0 Å². The van der Waals surface area contributed by atoms with Gasteiger partial charge in [-0.1, -0.05) is 12.1 Å². The Morgan fingerprint density at radius 2 is 1.15 bits per heavy atom. The van der Waals surface area contributed by atoms with Gasteiger partial charge >= 0.3 is 0 Å². The Kier molecular flexibility index (Phi) is 8.13. The van der Waals surface area contributed by atoms with Crippen LogP contribution in [-0.4, -0.2) is 26.9 Å². The monoisotopic (exact) mass is 358 g/mol. The second kappa shape index (κ2) is 10.6. The maximum atomic E-state index is 5.80. The molecular formula is C22H30O4. The lowest BCUT2D eigenvalue weighted by molar-refractivity contribution is 0.320. The predicted molar refractivity (Wildman–Crippen MR) is 105 cm³/mol. The number of hydrogen-bond donors (Lipinski definition) is 0. The minimum Gasteiger partial charge on any atom is -0.497 e. The first-order chi connectivity index (χ1) is 12.7. The van der Waals surface area contributed by atoms with Gasteiger partial charge in [0.05, 0.1) is 26.9 Å². The Bertz CT molecular complexity index is 682. The summed E-state index contributed by atoms with van der Waals surface area (Å²) >= 11 is 0. The summed E-state index contributed by atoms with van der Waals surface area (Å²) in [4.78, 5) is 0. The molecule has 0 atom stereocenters. The van der Waals surface area contributed by atoms with Crippen molar-refractivity contribution >= 4 is 0 Å². The van der Waals surface area contributed by atoms with Crippen molar-refractivity contribution in [1.82, 2.24) is 0 Å². The molecule has 0 aliphatic carbocycles. The molecule has 142 valence electrons. The average molecular weight is 358 g/mol. The third-order valence-corrected chi connectivity index (χ3v) is 4.12. The summed E-state index contributed by atoms with van der Waals surface area (Å²) in [6.45, 7) is 7.94. The van der Waals surface area contributed by atoms with E-state index in [0.717, 1.165) is 42.3 Å². The van der Waals surface area contributed by atoms with Crippen molar-refractivity contribution in [3.05, 3.63) is 47.5 Å². The molecule has 0 amide bonds. The molecule has 2 aromatic rings. The van der Waals surface area contributed by atoms with Crippen molar-refractivity contribution in [2.45, 2.75) is 40.0 Å². The molecule has 0 radical (unpaired) electrons. The molecule has 26 heavy (non-hydrogen) atoms. The van der Waals surface area contributed by atoms with Crippen LogP contribution in [0, 0.1) is 0 Å². The van der Waals surface area contributed by atoms with Gasteiger partial charge in [-0.2, -0.15) is 0 Å². The third-order valence-electron chi connectivity index (χ3n) is 4.12. The lowest BCUT2D eigenvalue weighted by Crippen LogP contribution is -2.01. The standard InChI is InChI=1S/C22H30O4/c1-5-24-20-14-12-18(22(16-20)26-7-3)10-8-9-17-11-13-19(23-4)15-21(17)25-6-2/h11-16H,5-10H2,1-4H3. The normalized spacial score (nSPS) is 10.5. The number of aryl methyl sites for hydroxylation is 2. The van der Waals surface area contributed by atoms with E-state index in [1.807, 2.05) is 45.0 Å². The van der Waals surface area contributed by atoms with Gasteiger partial charge in [-0.15, -0.1) is 0 Å². The van der Waals surface area contributed by atoms with E-state index in [9.17, 15) is 0 Å². The first-order valence-electron chi connectivity index (χ1n) is 9.40. The molecule has 0 fully saturated rings. The van der Waals surface area contributed by atoms with Crippen LogP contribution in [0.2, 0.25) is 0 Å². The number of benzene rings is 2. The van der Waals surface area contributed by atoms with Crippen molar-refractivity contribution < 1.29 is 18.9 Å². The number of rotatable bonds is 11. The van der Waals surface area contributed by atoms with Gasteiger partial charge < -0.3 is 18.9 Å². The van der Waals surface area contributed by atoms with Crippen LogP contribution in [0.5, 0.6) is 23.0 Å². The van der Waals surface area contributed by atoms with Crippen molar-refractivity contribution in [3.63, 3.8) is 0 Å². The van der Waals surface area contributed by atoms with E-state index in [-0.39, 0.29) is 0 Å². The zero-order chi connectivity index (χ0) is 18.8. The first-order valence-corrected chi connectivity index (χ1v) is 9.40. The highest BCUT2D eigenvalue weighted by Crippen LogP contribution is 2.29. The van der Waals surface area contributed by atoms with Crippen LogP contribution in [0.15, 0.2) is 36.4 Å². The summed E-state index contributed by atoms with van der Waals surface area (Å²) in [5, 5.41) is 0. The van der Waals surface area contributed by atoms with E-state index < -0.39 is 0 Å². The van der Waals surface area contributed by atoms with E-state index in [2.05, 4.69) is 12.1 Å². The Labute approximate surface area is 157 Å². The zero-order valence-corrected chi connectivity index (χ0v) is 16.3. The summed E-state index contributed by atoms with van der Waals surface area (Å²) in [6, 6.07) is 12.1. The van der Waals surface area contributed by atoms with Crippen LogP contribution in [0.25, 0.3) is 0 Å². The van der Waals surface area contributed by atoms with E-state index in [0.29, 0.717) is 19.8 Å². The maximum Gasteiger partial charge on any atom is 0.126 e. The Balaban J connectivity index is 2.05. The van der Waals surface area contributed by atoms with Crippen molar-refractivity contribution in [3.8, 4) is 23.0 Å². The summed E-state index contributed by atoms with van der Waals surface area (Å²) in [7, 11) is 1.67. The Morgan fingerprint density at radius 1 is 0.654 bits per heavy atom. The van der Waals surface area contributed by atoms with E-state index in [4.69, 9.17) is 18.9 Å². The summed E-state index contributed by atoms with van der Waals surface area (Å²) < 4.78 is 22.4. The fraction of sp³-hybridized carbons (Fsp3) is 0.455. The lowest BCUT2D eigenvalue weighted by atomic mass is 10.0. The fourth-order valence-electron chi connectivity index (χ4n) is 2.92. The molecule has 0 aliphatic rings. The molecule has 0 aromatic heterocycles. The second-order valence-corrected chi connectivity index (χ2v) is 5.90. The van der Waals surface area contributed by atoms with Crippen LogP contribution >= 0.6 is 0 Å². The largest absolute Gasteiger partial charge is 0.497 e. The van der Waals surface area contributed by atoms with E-state index in [1.54, 1.807) is 7.11 Å². The molecule has 0 unspecified atom stereocenters. The van der Waals surface area contributed by atoms with Gasteiger partial charge in [0.15, 0.2) is 0 Å². The van der Waals surface area contributed by atoms with Crippen molar-refractivity contribution in [2.24, 2.45) is 0 Å². The van der Waals surface area contributed by atoms with Gasteiger partial charge in [-0.25, -0.2) is 0 Å². The Hall–Kier alpha value is -2.36. The topological polar surface area (TPSA) is 36.9 Å². The molecule has 0 aliphatic heterocycles. The Morgan fingerprint density at radius 3 is 1.65 bits per heavy atom. The number of methoxy groups -OCH3 is 1. The molecule has 4 nitrogen and oxygen atoms in total. The average Bonchev–Trinajstić information content (AvgIpc) is 2.65. The van der Waals surface area contributed by atoms with Gasteiger partial charge in [0.1, 0.15) is 23.0 Å². The number of hydrogen-bond acceptors (Lipinski definition) is 4. The molecule has 0 saturated heterocycles. The fourth-order valence-corrected chi connectivity index (χ4v) is 2.92. The van der Waals surface area contributed by atoms with Crippen molar-refractivity contribution in [2.75, 3.05) is 26.9 Å². The van der Waals surface area contributed by atoms with E-state index in [1.165, 1.54) is 11.1 Å². The van der Waals surface area contributed by atoms with Crippen LogP contribution in [0.4, 0.5) is 0 Å². The second-order valence-electron chi connectivity index (χ2n) is 5.90. The lowest BCUT2D eigenvalue weighted by Gasteiger charge is -2.14. The van der Waals surface area contributed by atoms with Crippen LogP contribution in [-0.2, 0) is 12.8 Å². The van der Waals surface area contributed by atoms with E-state index >= 15 is 0 Å². The smallest absolute Gasteiger partial charge is 0.126 e. The van der Waals surface area contributed by atoms with Gasteiger partial charge in [0.25, 0.3) is 0 Å². The summed E-state index contributed by atoms with van der Waals surface area (Å²) in [6.07, 6.45) is 2.90. The predicted octanol–water partition coefficient (Wildman–Crippen LogP) is 5.07. The van der Waals surface area contributed by atoms with Gasteiger partial charge in [0, 0.05) is 12.1 Å². The first kappa shape index (κ1) is 20.0. The highest BCUT2D eigenvalue weighted by molar-refractivity contribution is 5.42. The number of ether oxygens (including phenoxy) is 4. The highest BCUT2D eigenvalue weighted by Gasteiger charge is 2.09. The molecule has 0 bridgehead atoms.